The molecule has 2 aromatic carbocycles. The monoisotopic (exact) mass is 413 g/mol. The second-order valence-electron chi connectivity index (χ2n) is 7.65. The minimum absolute atomic E-state index is 0.0420. The van der Waals surface area contributed by atoms with Crippen molar-refractivity contribution < 1.29 is 23.8 Å². The number of ether oxygens (including phenoxy) is 3. The van der Waals surface area contributed by atoms with Crippen LogP contribution < -0.4 is 14.2 Å². The van der Waals surface area contributed by atoms with Crippen molar-refractivity contribution in [3.63, 3.8) is 0 Å². The third kappa shape index (κ3) is 3.21. The van der Waals surface area contributed by atoms with Gasteiger partial charge in [0.15, 0.2) is 17.3 Å². The predicted molar refractivity (Wildman–Crippen MR) is 106 cm³/mol. The molecule has 5 rings (SSSR count). The maximum absolute atomic E-state index is 13.0. The van der Waals surface area contributed by atoms with Crippen molar-refractivity contribution in [3.05, 3.63) is 52.5 Å². The molecule has 1 spiro atoms. The van der Waals surface area contributed by atoms with Crippen LogP contribution in [0.15, 0.2) is 36.4 Å². The summed E-state index contributed by atoms with van der Waals surface area (Å²) in [5.41, 5.74) is 0.510. The van der Waals surface area contributed by atoms with Crippen LogP contribution in [-0.4, -0.2) is 48.5 Å². The summed E-state index contributed by atoms with van der Waals surface area (Å²) in [7, 11) is 0. The molecule has 0 radical (unpaired) electrons. The summed E-state index contributed by atoms with van der Waals surface area (Å²) >= 11 is 6.26. The first-order valence-corrected chi connectivity index (χ1v) is 10.1. The van der Waals surface area contributed by atoms with E-state index < -0.39 is 5.60 Å². The van der Waals surface area contributed by atoms with Crippen LogP contribution in [0.1, 0.15) is 40.0 Å². The van der Waals surface area contributed by atoms with E-state index in [9.17, 15) is 9.59 Å². The molecule has 29 heavy (non-hydrogen) atoms. The van der Waals surface area contributed by atoms with Gasteiger partial charge < -0.3 is 19.1 Å². The van der Waals surface area contributed by atoms with Gasteiger partial charge in [-0.25, -0.2) is 0 Å². The van der Waals surface area contributed by atoms with E-state index >= 15 is 0 Å². The molecule has 0 aliphatic carbocycles. The number of fused-ring (bicyclic) bond motifs is 2. The highest BCUT2D eigenvalue weighted by Crippen LogP contribution is 2.43. The number of Topliss-reactive ketones (excluding diaryl/α,β-unsaturated/α-hetero) is 1. The SMILES string of the molecule is O=C1CC2(CCN(C(=O)c3ccc4c(c3)OCCO4)CC2)Oc2c(Cl)cccc21. The van der Waals surface area contributed by atoms with Crippen LogP contribution in [0.4, 0.5) is 0 Å². The van der Waals surface area contributed by atoms with E-state index in [1.54, 1.807) is 41.3 Å². The van der Waals surface area contributed by atoms with Crippen LogP contribution in [0.3, 0.4) is 0 Å². The Labute approximate surface area is 173 Å². The highest BCUT2D eigenvalue weighted by Gasteiger charge is 2.44. The van der Waals surface area contributed by atoms with E-state index in [1.807, 2.05) is 0 Å². The molecule has 3 aliphatic heterocycles. The Bertz CT molecular complexity index is 997. The quantitative estimate of drug-likeness (QED) is 0.712. The minimum atomic E-state index is -0.599. The van der Waals surface area contributed by atoms with Crippen molar-refractivity contribution in [2.24, 2.45) is 0 Å². The smallest absolute Gasteiger partial charge is 0.253 e. The van der Waals surface area contributed by atoms with Crippen LogP contribution in [0.25, 0.3) is 0 Å². The summed E-state index contributed by atoms with van der Waals surface area (Å²) in [6.45, 7) is 2.02. The number of carbonyl (C=O) groups excluding carboxylic acids is 2. The maximum atomic E-state index is 13.0. The number of carbonyl (C=O) groups is 2. The summed E-state index contributed by atoms with van der Waals surface area (Å²) in [4.78, 5) is 27.4. The number of amides is 1. The summed E-state index contributed by atoms with van der Waals surface area (Å²) < 4.78 is 17.3. The first kappa shape index (κ1) is 18.3. The van der Waals surface area contributed by atoms with Crippen molar-refractivity contribution in [1.82, 2.24) is 4.90 Å². The predicted octanol–water partition coefficient (Wildman–Crippen LogP) is 3.75. The van der Waals surface area contributed by atoms with Crippen LogP contribution in [0.2, 0.25) is 5.02 Å². The minimum Gasteiger partial charge on any atom is -0.486 e. The highest BCUT2D eigenvalue weighted by molar-refractivity contribution is 6.32. The van der Waals surface area contributed by atoms with Gasteiger partial charge in [-0.3, -0.25) is 9.59 Å². The van der Waals surface area contributed by atoms with E-state index in [0.29, 0.717) is 79.0 Å². The Morgan fingerprint density at radius 3 is 2.59 bits per heavy atom. The largest absolute Gasteiger partial charge is 0.486 e. The lowest BCUT2D eigenvalue weighted by Gasteiger charge is -2.44. The molecular formula is C22H20ClNO5. The summed E-state index contributed by atoms with van der Waals surface area (Å²) in [5, 5.41) is 0.449. The molecule has 0 aromatic heterocycles. The number of halogens is 1. The van der Waals surface area contributed by atoms with Gasteiger partial charge in [-0.2, -0.15) is 0 Å². The number of ketones is 1. The lowest BCUT2D eigenvalue weighted by Crippen LogP contribution is -2.52. The first-order chi connectivity index (χ1) is 14.0. The number of benzene rings is 2. The number of hydrogen-bond acceptors (Lipinski definition) is 5. The molecule has 1 amide bonds. The molecule has 7 heteroatoms. The third-order valence-electron chi connectivity index (χ3n) is 5.82. The lowest BCUT2D eigenvalue weighted by molar-refractivity contribution is -0.00566. The molecule has 0 N–H and O–H groups in total. The number of rotatable bonds is 1. The van der Waals surface area contributed by atoms with Crippen molar-refractivity contribution in [2.75, 3.05) is 26.3 Å². The summed E-state index contributed by atoms with van der Waals surface area (Å²) in [6, 6.07) is 10.5. The lowest BCUT2D eigenvalue weighted by atomic mass is 9.82. The third-order valence-corrected chi connectivity index (χ3v) is 6.12. The maximum Gasteiger partial charge on any atom is 0.253 e. The van der Waals surface area contributed by atoms with E-state index in [1.165, 1.54) is 0 Å². The average molecular weight is 414 g/mol. The van der Waals surface area contributed by atoms with E-state index in [-0.39, 0.29) is 11.7 Å². The van der Waals surface area contributed by atoms with Gasteiger partial charge in [0.1, 0.15) is 24.6 Å². The van der Waals surface area contributed by atoms with Gasteiger partial charge in [-0.1, -0.05) is 17.7 Å². The fourth-order valence-corrected chi connectivity index (χ4v) is 4.44. The molecule has 0 atom stereocenters. The molecule has 2 aromatic rings. The highest BCUT2D eigenvalue weighted by atomic mass is 35.5. The molecule has 1 saturated heterocycles. The molecule has 3 aliphatic rings. The molecule has 6 nitrogen and oxygen atoms in total. The molecule has 0 bridgehead atoms. The van der Waals surface area contributed by atoms with Gasteiger partial charge >= 0.3 is 0 Å². The van der Waals surface area contributed by atoms with Gasteiger partial charge in [-0.15, -0.1) is 0 Å². The van der Waals surface area contributed by atoms with Crippen molar-refractivity contribution in [1.29, 1.82) is 0 Å². The van der Waals surface area contributed by atoms with Crippen molar-refractivity contribution in [2.45, 2.75) is 24.9 Å². The van der Waals surface area contributed by atoms with Gasteiger partial charge in [0, 0.05) is 31.5 Å². The molecule has 0 saturated carbocycles. The van der Waals surface area contributed by atoms with Crippen LogP contribution >= 0.6 is 11.6 Å². The van der Waals surface area contributed by atoms with Crippen LogP contribution in [0.5, 0.6) is 17.2 Å². The number of hydrogen-bond donors (Lipinski definition) is 0. The van der Waals surface area contributed by atoms with E-state index in [0.717, 1.165) is 0 Å². The van der Waals surface area contributed by atoms with Gasteiger partial charge in [0.25, 0.3) is 5.91 Å². The van der Waals surface area contributed by atoms with E-state index in [2.05, 4.69) is 0 Å². The van der Waals surface area contributed by atoms with Gasteiger partial charge in [-0.05, 0) is 30.3 Å². The molecule has 1 fully saturated rings. The van der Waals surface area contributed by atoms with Gasteiger partial charge in [0.05, 0.1) is 17.0 Å². The first-order valence-electron chi connectivity index (χ1n) is 9.74. The standard InChI is InChI=1S/C22H20ClNO5/c23-16-3-1-2-15-17(25)13-22(29-20(15)16)6-8-24(9-7-22)21(26)14-4-5-18-19(12-14)28-11-10-27-18/h1-5,12H,6-11,13H2. The molecule has 0 unspecified atom stereocenters. The fraction of sp³-hybridized carbons (Fsp3) is 0.364. The number of piperidine rings is 1. The second kappa shape index (κ2) is 6.95. The second-order valence-corrected chi connectivity index (χ2v) is 8.06. The molecule has 3 heterocycles. The number of likely N-dealkylation sites (tertiary alicyclic amines) is 1. The van der Waals surface area contributed by atoms with Gasteiger partial charge in [0.2, 0.25) is 0 Å². The van der Waals surface area contributed by atoms with Crippen LogP contribution in [-0.2, 0) is 0 Å². The normalized spacial score (nSPS) is 19.5. The Morgan fingerprint density at radius 1 is 1.03 bits per heavy atom. The van der Waals surface area contributed by atoms with Crippen LogP contribution in [0, 0.1) is 0 Å². The average Bonchev–Trinajstić information content (AvgIpc) is 2.74. The topological polar surface area (TPSA) is 65.1 Å². The summed E-state index contributed by atoms with van der Waals surface area (Å²) in [6.07, 6.45) is 1.48. The number of nitrogens with zero attached hydrogens (tertiary/aromatic N) is 1. The Morgan fingerprint density at radius 2 is 1.79 bits per heavy atom. The zero-order valence-corrected chi connectivity index (χ0v) is 16.5. The summed E-state index contributed by atoms with van der Waals surface area (Å²) in [5.74, 6) is 1.72. The van der Waals surface area contributed by atoms with Crippen molar-refractivity contribution in [3.8, 4) is 17.2 Å². The number of para-hydroxylation sites is 1. The Hall–Kier alpha value is -2.73. The Kier molecular flexibility index (Phi) is 4.39. The Balaban J connectivity index is 1.31. The molecule has 150 valence electrons. The zero-order valence-electron chi connectivity index (χ0n) is 15.8. The van der Waals surface area contributed by atoms with E-state index in [4.69, 9.17) is 25.8 Å². The fourth-order valence-electron chi connectivity index (χ4n) is 4.23. The zero-order chi connectivity index (χ0) is 20.0. The molecular weight excluding hydrogens is 394 g/mol. The van der Waals surface area contributed by atoms with Crippen molar-refractivity contribution >= 4 is 23.3 Å².